The van der Waals surface area contributed by atoms with Gasteiger partial charge in [0.25, 0.3) is 10.0 Å². The van der Waals surface area contributed by atoms with E-state index in [1.165, 1.54) is 0 Å². The summed E-state index contributed by atoms with van der Waals surface area (Å²) in [6.45, 7) is 4.47. The molecule has 0 saturated carbocycles. The predicted molar refractivity (Wildman–Crippen MR) is 69.1 cm³/mol. The molecule has 0 aliphatic carbocycles. The van der Waals surface area contributed by atoms with Crippen molar-refractivity contribution in [3.63, 3.8) is 0 Å². The summed E-state index contributed by atoms with van der Waals surface area (Å²) < 4.78 is 24.3. The zero-order valence-electron chi connectivity index (χ0n) is 10.3. The maximum atomic E-state index is 12.1. The Bertz CT molecular complexity index is 569. The van der Waals surface area contributed by atoms with Gasteiger partial charge < -0.3 is 9.88 Å². The minimum atomic E-state index is -3.64. The van der Waals surface area contributed by atoms with E-state index in [-0.39, 0.29) is 9.08 Å². The molecule has 1 aliphatic heterocycles. The zero-order valence-corrected chi connectivity index (χ0v) is 11.9. The molecule has 102 valence electrons. The van der Waals surface area contributed by atoms with Gasteiger partial charge in [-0.2, -0.15) is 0 Å². The third-order valence-corrected chi connectivity index (χ3v) is 5.76. The average molecular weight is 292 g/mol. The first-order valence-corrected chi connectivity index (χ1v) is 7.84. The smallest absolute Gasteiger partial charge is 0.305 e. The van der Waals surface area contributed by atoms with E-state index in [1.807, 2.05) is 7.05 Å². The molecule has 1 aromatic rings. The number of thiazole rings is 1. The number of likely N-dealkylation sites (N-methyl/N-ethyl adjacent to an activating group) is 1. The van der Waals surface area contributed by atoms with Crippen molar-refractivity contribution in [2.45, 2.75) is 11.1 Å². The molecule has 0 bridgehead atoms. The summed E-state index contributed by atoms with van der Waals surface area (Å²) in [7, 11) is -1.65. The summed E-state index contributed by atoms with van der Waals surface area (Å²) in [4.78, 5) is 17.9. The molecular formula is C9H16N4O3S2. The van der Waals surface area contributed by atoms with Crippen LogP contribution in [-0.2, 0) is 10.0 Å². The van der Waals surface area contributed by atoms with Gasteiger partial charge in [0.05, 0.1) is 0 Å². The highest BCUT2D eigenvalue weighted by molar-refractivity contribution is 7.91. The van der Waals surface area contributed by atoms with Crippen LogP contribution in [0.3, 0.4) is 0 Å². The van der Waals surface area contributed by atoms with E-state index in [4.69, 9.17) is 0 Å². The van der Waals surface area contributed by atoms with Crippen LogP contribution >= 0.6 is 11.3 Å². The maximum absolute atomic E-state index is 12.1. The minimum Gasteiger partial charge on any atom is -0.315 e. The fourth-order valence-electron chi connectivity index (χ4n) is 1.76. The normalized spacial score (nSPS) is 19.2. The molecule has 1 aromatic heterocycles. The van der Waals surface area contributed by atoms with E-state index in [0.29, 0.717) is 30.1 Å². The lowest BCUT2D eigenvalue weighted by atomic mass is 10.4. The highest BCUT2D eigenvalue weighted by Crippen LogP contribution is 2.16. The molecule has 0 aromatic carbocycles. The van der Waals surface area contributed by atoms with Crippen LogP contribution in [0.5, 0.6) is 0 Å². The maximum Gasteiger partial charge on any atom is 0.305 e. The highest BCUT2D eigenvalue weighted by Gasteiger charge is 2.24. The third kappa shape index (κ3) is 2.98. The minimum absolute atomic E-state index is 0.0615. The van der Waals surface area contributed by atoms with Crippen molar-refractivity contribution in [2.75, 3.05) is 33.2 Å². The van der Waals surface area contributed by atoms with Crippen molar-refractivity contribution in [3.8, 4) is 0 Å². The van der Waals surface area contributed by atoms with Crippen LogP contribution < -0.4 is 9.70 Å². The molecule has 0 radical (unpaired) electrons. The number of hydrogen-bond donors (Lipinski definition) is 2. The lowest BCUT2D eigenvalue weighted by Gasteiger charge is -2.31. The number of H-pyrrole nitrogens is 1. The van der Waals surface area contributed by atoms with Gasteiger partial charge in [0.2, 0.25) is 0 Å². The van der Waals surface area contributed by atoms with Crippen LogP contribution in [0.4, 0.5) is 0 Å². The molecule has 1 fully saturated rings. The number of rotatable bonds is 3. The van der Waals surface area contributed by atoms with E-state index in [9.17, 15) is 13.2 Å². The highest BCUT2D eigenvalue weighted by atomic mass is 32.2. The fraction of sp³-hybridized carbons (Fsp3) is 0.667. The molecule has 7 nitrogen and oxygen atoms in total. The van der Waals surface area contributed by atoms with E-state index in [0.717, 1.165) is 13.1 Å². The van der Waals surface area contributed by atoms with Gasteiger partial charge in [0.15, 0.2) is 4.21 Å². The van der Waals surface area contributed by atoms with Crippen LogP contribution in [0.2, 0.25) is 0 Å². The topological polar surface area (TPSA) is 85.5 Å². The molecule has 2 rings (SSSR count). The van der Waals surface area contributed by atoms with Crippen molar-refractivity contribution in [1.29, 1.82) is 0 Å². The standard InChI is InChI=1S/C9H16N4O3S2/c1-7-8(17-9(14)10-7)18(15,16)11-13-5-3-12(2)4-6-13/h11H,3-6H2,1-2H3,(H,10,14). The summed E-state index contributed by atoms with van der Waals surface area (Å²) in [5, 5.41) is 1.67. The molecule has 0 amide bonds. The first-order chi connectivity index (χ1) is 8.38. The van der Waals surface area contributed by atoms with Crippen LogP contribution in [0.25, 0.3) is 0 Å². The van der Waals surface area contributed by atoms with Crippen molar-refractivity contribution in [3.05, 3.63) is 15.4 Å². The summed E-state index contributed by atoms with van der Waals surface area (Å²) in [6, 6.07) is 0. The first kappa shape index (κ1) is 13.7. The third-order valence-electron chi connectivity index (χ3n) is 2.78. The molecule has 9 heteroatoms. The average Bonchev–Trinajstić information content (AvgIpc) is 2.62. The molecular weight excluding hydrogens is 276 g/mol. The second-order valence-corrected chi connectivity index (χ2v) is 7.15. The quantitative estimate of drug-likeness (QED) is 0.761. The van der Waals surface area contributed by atoms with Crippen LogP contribution in [0, 0.1) is 6.92 Å². The summed E-state index contributed by atoms with van der Waals surface area (Å²) >= 11 is 0.712. The summed E-state index contributed by atoms with van der Waals surface area (Å²) in [5.74, 6) is 0. The molecule has 2 N–H and O–H groups in total. The van der Waals surface area contributed by atoms with E-state index in [2.05, 4.69) is 14.7 Å². The summed E-state index contributed by atoms with van der Waals surface area (Å²) in [6.07, 6.45) is 0. The number of hydrogen-bond acceptors (Lipinski definition) is 6. The molecule has 0 unspecified atom stereocenters. The van der Waals surface area contributed by atoms with E-state index >= 15 is 0 Å². The Kier molecular flexibility index (Phi) is 3.87. The van der Waals surface area contributed by atoms with Crippen molar-refractivity contribution in [2.24, 2.45) is 0 Å². The van der Waals surface area contributed by atoms with Gasteiger partial charge in [-0.25, -0.2) is 13.4 Å². The van der Waals surface area contributed by atoms with Gasteiger partial charge in [-0.15, -0.1) is 4.83 Å². The molecule has 0 atom stereocenters. The molecule has 1 saturated heterocycles. The monoisotopic (exact) mass is 292 g/mol. The van der Waals surface area contributed by atoms with Crippen molar-refractivity contribution < 1.29 is 8.42 Å². The van der Waals surface area contributed by atoms with Gasteiger partial charge >= 0.3 is 4.87 Å². The molecule has 0 spiro atoms. The Labute approximate surface area is 109 Å². The SMILES string of the molecule is Cc1[nH]c(=O)sc1S(=O)(=O)NN1CCN(C)CC1. The number of nitrogens with zero attached hydrogens (tertiary/aromatic N) is 2. The predicted octanol–water partition coefficient (Wildman–Crippen LogP) is -0.814. The Balaban J connectivity index is 2.13. The Morgan fingerprint density at radius 1 is 1.28 bits per heavy atom. The number of sulfonamides is 1. The first-order valence-electron chi connectivity index (χ1n) is 5.54. The largest absolute Gasteiger partial charge is 0.315 e. The Morgan fingerprint density at radius 2 is 1.89 bits per heavy atom. The molecule has 1 aliphatic rings. The van der Waals surface area contributed by atoms with Gasteiger partial charge in [-0.3, -0.25) is 4.79 Å². The molecule has 18 heavy (non-hydrogen) atoms. The Morgan fingerprint density at radius 3 is 2.39 bits per heavy atom. The lowest BCUT2D eigenvalue weighted by Crippen LogP contribution is -2.52. The Hall–Kier alpha value is -0.740. The zero-order chi connectivity index (χ0) is 13.3. The van der Waals surface area contributed by atoms with Crippen LogP contribution in [-0.4, -0.2) is 56.5 Å². The number of aryl methyl sites for hydroxylation is 1. The number of nitrogens with one attached hydrogen (secondary N) is 2. The fourth-order valence-corrected chi connectivity index (χ4v) is 4.17. The van der Waals surface area contributed by atoms with E-state index < -0.39 is 10.0 Å². The second-order valence-electron chi connectivity index (χ2n) is 4.31. The number of piperazine rings is 1. The number of hydrazine groups is 1. The van der Waals surface area contributed by atoms with E-state index in [1.54, 1.807) is 11.9 Å². The van der Waals surface area contributed by atoms with Gasteiger partial charge in [0.1, 0.15) is 0 Å². The van der Waals surface area contributed by atoms with Crippen molar-refractivity contribution in [1.82, 2.24) is 19.7 Å². The van der Waals surface area contributed by atoms with Crippen LogP contribution in [0.1, 0.15) is 5.69 Å². The van der Waals surface area contributed by atoms with Crippen LogP contribution in [0.15, 0.2) is 9.00 Å². The van der Waals surface area contributed by atoms with Crippen molar-refractivity contribution >= 4 is 21.4 Å². The number of aromatic amines is 1. The second kappa shape index (κ2) is 5.10. The lowest BCUT2D eigenvalue weighted by molar-refractivity contribution is 0.135. The molecule has 2 heterocycles. The van der Waals surface area contributed by atoms with Gasteiger partial charge in [-0.1, -0.05) is 11.3 Å². The summed E-state index contributed by atoms with van der Waals surface area (Å²) in [5.41, 5.74) is 0.381. The van der Waals surface area contributed by atoms with Gasteiger partial charge in [-0.05, 0) is 14.0 Å². The van der Waals surface area contributed by atoms with Gasteiger partial charge in [0, 0.05) is 31.9 Å². The number of aromatic nitrogens is 1.